The van der Waals surface area contributed by atoms with Crippen LogP contribution in [0, 0.1) is 0 Å². The number of rotatable bonds is 6. The van der Waals surface area contributed by atoms with Crippen LogP contribution < -0.4 is 29.6 Å². The van der Waals surface area contributed by atoms with E-state index in [1.54, 1.807) is 41.5 Å². The molecule has 6 heterocycles. The number of hydrogen-bond acceptors (Lipinski definition) is 25. The summed E-state index contributed by atoms with van der Waals surface area (Å²) in [5.74, 6) is -8.09. The zero-order valence-electron chi connectivity index (χ0n) is 37.3. The number of esters is 3. The predicted octanol–water partition coefficient (Wildman–Crippen LogP) is -4.45. The van der Waals surface area contributed by atoms with Gasteiger partial charge in [0.15, 0.2) is 66.4 Å². The van der Waals surface area contributed by atoms with E-state index in [0.29, 0.717) is 0 Å². The Labute approximate surface area is 385 Å². The molecule has 0 aromatic rings. The van der Waals surface area contributed by atoms with Gasteiger partial charge >= 0.3 is 59.4 Å². The van der Waals surface area contributed by atoms with Crippen molar-refractivity contribution in [2.24, 2.45) is 0 Å². The first-order chi connectivity index (χ1) is 28.4. The maximum Gasteiger partial charge on any atom is 1.00 e. The van der Waals surface area contributed by atoms with Crippen LogP contribution in [0.4, 0.5) is 0 Å². The van der Waals surface area contributed by atoms with Crippen LogP contribution in [0.15, 0.2) is 0 Å². The van der Waals surface area contributed by atoms with Crippen LogP contribution >= 0.6 is 0 Å². The van der Waals surface area contributed by atoms with Crippen LogP contribution in [-0.4, -0.2) is 170 Å². The van der Waals surface area contributed by atoms with Crippen LogP contribution in [0.25, 0.3) is 0 Å². The number of aliphatic hydroxyl groups excluding tert-OH is 1. The summed E-state index contributed by atoms with van der Waals surface area (Å²) in [6.07, 6.45) is -7.70. The molecule has 3 N–H and O–H groups in total. The molecule has 6 aliphatic rings. The molecule has 27 heteroatoms. The molecule has 3 radical (unpaired) electrons. The predicted molar refractivity (Wildman–Crippen MR) is 195 cm³/mol. The van der Waals surface area contributed by atoms with Crippen molar-refractivity contribution in [2.75, 3.05) is 19.8 Å². The van der Waals surface area contributed by atoms with Gasteiger partial charge in [0.05, 0.1) is 0 Å². The molecule has 0 aromatic carbocycles. The minimum atomic E-state index is -2.24. The molecule has 0 spiro atoms. The van der Waals surface area contributed by atoms with Crippen molar-refractivity contribution in [3.63, 3.8) is 0 Å². The molecule has 0 saturated carbocycles. The van der Waals surface area contributed by atoms with Gasteiger partial charge in [0.1, 0.15) is 38.1 Å². The van der Waals surface area contributed by atoms with Crippen LogP contribution in [0.5, 0.6) is 0 Å². The fourth-order valence-corrected chi connectivity index (χ4v) is 5.68. The van der Waals surface area contributed by atoms with E-state index in [2.05, 4.69) is 27.2 Å². The van der Waals surface area contributed by atoms with Crippen molar-refractivity contribution in [3.05, 3.63) is 0 Å². The second-order valence-corrected chi connectivity index (χ2v) is 15.1. The number of fused-ring (bicyclic) bond motifs is 3. The third-order valence-electron chi connectivity index (χ3n) is 8.09. The van der Waals surface area contributed by atoms with Crippen molar-refractivity contribution in [2.45, 2.75) is 168 Å². The second-order valence-electron chi connectivity index (χ2n) is 15.1. The Balaban J connectivity index is 0.000000413. The average molecular weight is 922 g/mol. The largest absolute Gasteiger partial charge is 1.00 e. The molecule has 3 unspecified atom stereocenters. The molecular formula is C36H55BNaO25. The Bertz CT molecular complexity index is 1570. The summed E-state index contributed by atoms with van der Waals surface area (Å²) in [6.45, 7) is 17.2. The molecular weight excluding hydrogens is 866 g/mol. The first-order valence-electron chi connectivity index (χ1n) is 18.7. The Morgan fingerprint density at radius 2 is 1.03 bits per heavy atom. The van der Waals surface area contributed by atoms with Gasteiger partial charge in [-0.3, -0.25) is 24.0 Å². The summed E-state index contributed by atoms with van der Waals surface area (Å²) in [5, 5.41) is 29.7. The van der Waals surface area contributed by atoms with E-state index >= 15 is 0 Å². The molecule has 6 fully saturated rings. The number of ether oxygens (including phenoxy) is 12. The zero-order valence-corrected chi connectivity index (χ0v) is 39.3. The Kier molecular flexibility index (Phi) is 22.6. The minimum absolute atomic E-state index is 0. The summed E-state index contributed by atoms with van der Waals surface area (Å²) in [7, 11) is 4.32. The fourth-order valence-electron chi connectivity index (χ4n) is 5.68. The van der Waals surface area contributed by atoms with Gasteiger partial charge in [-0.05, 0) is 41.5 Å². The normalized spacial score (nSPS) is 31.3. The molecule has 25 nitrogen and oxygen atoms in total. The molecule has 0 bridgehead atoms. The van der Waals surface area contributed by atoms with E-state index < -0.39 is 121 Å². The van der Waals surface area contributed by atoms with Gasteiger partial charge in [-0.25, -0.2) is 19.4 Å². The smallest absolute Gasteiger partial charge is 0.793 e. The van der Waals surface area contributed by atoms with E-state index in [1.165, 1.54) is 27.7 Å². The van der Waals surface area contributed by atoms with Crippen molar-refractivity contribution in [3.8, 4) is 0 Å². The maximum absolute atomic E-state index is 11.8. The number of carbonyl (C=O) groups excluding carboxylic acids is 7. The van der Waals surface area contributed by atoms with Gasteiger partial charge in [-0.1, -0.05) is 0 Å². The van der Waals surface area contributed by atoms with E-state index in [9.17, 15) is 48.9 Å². The topological polar surface area (TPSA) is 319 Å². The zero-order chi connectivity index (χ0) is 47.5. The molecule has 0 aromatic heterocycles. The molecule has 10 atom stereocenters. The molecule has 353 valence electrons. The van der Waals surface area contributed by atoms with Crippen molar-refractivity contribution < 1.29 is 150 Å². The number of aliphatic hydroxyl groups is 3. The van der Waals surface area contributed by atoms with Crippen LogP contribution in [0.3, 0.4) is 0 Å². The van der Waals surface area contributed by atoms with Gasteiger partial charge in [0.25, 0.3) is 0 Å². The van der Waals surface area contributed by atoms with Gasteiger partial charge < -0.3 is 84.9 Å². The van der Waals surface area contributed by atoms with Crippen molar-refractivity contribution in [1.82, 2.24) is 0 Å². The fraction of sp³-hybridized carbons (Fsp3) is 0.806. The van der Waals surface area contributed by atoms with Crippen LogP contribution in [0.1, 0.15) is 83.1 Å². The Hall–Kier alpha value is -2.93. The third-order valence-corrected chi connectivity index (χ3v) is 8.09. The molecule has 6 rings (SSSR count). The summed E-state index contributed by atoms with van der Waals surface area (Å²) in [6, 6.07) is 0. The van der Waals surface area contributed by atoms with Gasteiger partial charge in [-0.2, -0.15) is 0 Å². The molecule has 6 saturated heterocycles. The van der Waals surface area contributed by atoms with E-state index in [1.807, 2.05) is 0 Å². The van der Waals surface area contributed by atoms with E-state index in [4.69, 9.17) is 52.1 Å². The Morgan fingerprint density at radius 1 is 0.587 bits per heavy atom. The third kappa shape index (κ3) is 18.8. The van der Waals surface area contributed by atoms with Crippen molar-refractivity contribution >= 4 is 49.6 Å². The number of ketones is 1. The standard InChI is InChI=1S/C10H16O7.C10H16O6.C10H14O6.C4H6O4.C2H3BO2.Na/c1-5(11)14-4-6-10(12,13)7-8(15-6)17-9(2,3)16-7;2*1-5(11)13-4-6-7(12)8-9(14-6)16-10(2,3)15-8;1-3(5)7-8-4(2)6;1-2(4)5-3;/h6-8,12-13H,4H2,1-3H3;6-9,12H,4H2,1-3H3;6,8-9H,4H2,1-3H3;1-2H3;1H3;/q;;;;-1;+1/t6-,7+,8?;6-,7-,8-,9?;6-,8-,9?;;;/m111.../s1. The summed E-state index contributed by atoms with van der Waals surface area (Å²) < 4.78 is 66.1. The number of Topliss-reactive ketones (excluding diaryl/α,β-unsaturated/α-hetero) is 1. The first kappa shape index (κ1) is 58.1. The second kappa shape index (κ2) is 24.6. The summed E-state index contributed by atoms with van der Waals surface area (Å²) >= 11 is 0. The van der Waals surface area contributed by atoms with Gasteiger partial charge in [0.2, 0.25) is 11.8 Å². The molecule has 0 amide bonds. The van der Waals surface area contributed by atoms with Crippen LogP contribution in [0.2, 0.25) is 0 Å². The van der Waals surface area contributed by atoms with E-state index in [0.717, 1.165) is 13.8 Å². The molecule has 6 aliphatic heterocycles. The number of hydrogen-bond donors (Lipinski definition) is 3. The quantitative estimate of drug-likeness (QED) is 0.0565. The first-order valence-corrected chi connectivity index (χ1v) is 18.7. The minimum Gasteiger partial charge on any atom is -0.793 e. The SMILES string of the molecule is CC(=O)OC[C@H]1OC2OC(C)(C)O[C@@H]2C1(O)O.CC(=O)OC[C@H]1OC2OC(C)(C)O[C@@H]2C1=O.CC(=O)OC[C@H]1OC2OC(C)(C)O[C@@H]2[C@@H]1O.CC(=O)OOC(C)=O.[B-]OC(C)=O.[Na+]. The average Bonchev–Trinajstić information content (AvgIpc) is 3.92. The van der Waals surface area contributed by atoms with Crippen LogP contribution in [-0.2, 0) is 105 Å². The van der Waals surface area contributed by atoms with E-state index in [-0.39, 0.29) is 55.2 Å². The number of carbonyl (C=O) groups is 7. The molecule has 0 aliphatic carbocycles. The van der Waals surface area contributed by atoms with Gasteiger partial charge in [0, 0.05) is 41.5 Å². The van der Waals surface area contributed by atoms with Gasteiger partial charge in [-0.15, -0.1) is 0 Å². The Morgan fingerprint density at radius 3 is 1.48 bits per heavy atom. The maximum atomic E-state index is 11.8. The monoisotopic (exact) mass is 921 g/mol. The van der Waals surface area contributed by atoms with Crippen molar-refractivity contribution in [1.29, 1.82) is 0 Å². The summed E-state index contributed by atoms with van der Waals surface area (Å²) in [4.78, 5) is 80.5. The summed E-state index contributed by atoms with van der Waals surface area (Å²) in [5.41, 5.74) is 0. The molecule has 63 heavy (non-hydrogen) atoms.